The van der Waals surface area contributed by atoms with Crippen LogP contribution in [-0.4, -0.2) is 31.1 Å². The Bertz CT molecular complexity index is 724. The molecule has 0 radical (unpaired) electrons. The van der Waals surface area contributed by atoms with Gasteiger partial charge in [-0.25, -0.2) is 0 Å². The van der Waals surface area contributed by atoms with Gasteiger partial charge < -0.3 is 5.32 Å². The lowest BCUT2D eigenvalue weighted by Gasteiger charge is -2.30. The molecule has 0 spiro atoms. The Morgan fingerprint density at radius 2 is 2.00 bits per heavy atom. The van der Waals surface area contributed by atoms with Gasteiger partial charge in [-0.2, -0.15) is 11.3 Å². The fourth-order valence-corrected chi connectivity index (χ4v) is 5.01. The molecular weight excluding hydrogens is 308 g/mol. The van der Waals surface area contributed by atoms with E-state index in [1.54, 1.807) is 11.3 Å². The van der Waals surface area contributed by atoms with Crippen LogP contribution in [0.2, 0.25) is 0 Å². The fourth-order valence-electron chi connectivity index (χ4n) is 3.35. The topological polar surface area (TPSA) is 15.3 Å². The van der Waals surface area contributed by atoms with Crippen LogP contribution in [0.15, 0.2) is 46.5 Å². The molecule has 3 heterocycles. The van der Waals surface area contributed by atoms with Gasteiger partial charge in [0, 0.05) is 24.3 Å². The van der Waals surface area contributed by atoms with Crippen molar-refractivity contribution in [3.8, 4) is 0 Å². The van der Waals surface area contributed by atoms with E-state index in [2.05, 4.69) is 56.7 Å². The molecule has 22 heavy (non-hydrogen) atoms. The van der Waals surface area contributed by atoms with Crippen molar-refractivity contribution in [2.24, 2.45) is 0 Å². The molecule has 0 saturated carbocycles. The number of thiophene rings is 2. The maximum absolute atomic E-state index is 3.52. The number of hydrogen-bond donors (Lipinski definition) is 1. The summed E-state index contributed by atoms with van der Waals surface area (Å²) in [5, 5.41) is 11.8. The largest absolute Gasteiger partial charge is 0.315 e. The Kier molecular flexibility index (Phi) is 4.26. The Balaban J connectivity index is 1.80. The average Bonchev–Trinajstić information content (AvgIpc) is 3.14. The second-order valence-corrected chi connectivity index (χ2v) is 7.48. The number of nitrogens with one attached hydrogen (secondary N) is 1. The summed E-state index contributed by atoms with van der Waals surface area (Å²) in [6, 6.07) is 11.5. The maximum Gasteiger partial charge on any atom is 0.0624 e. The molecule has 1 aliphatic rings. The van der Waals surface area contributed by atoms with E-state index in [4.69, 9.17) is 0 Å². The summed E-state index contributed by atoms with van der Waals surface area (Å²) in [5.74, 6) is 0. The Morgan fingerprint density at radius 1 is 1.05 bits per heavy atom. The molecule has 1 N–H and O–H groups in total. The third-order valence-electron chi connectivity index (χ3n) is 4.40. The second kappa shape index (κ2) is 6.50. The number of rotatable bonds is 3. The zero-order valence-electron chi connectivity index (χ0n) is 12.5. The highest BCUT2D eigenvalue weighted by atomic mass is 32.1. The SMILES string of the molecule is c1ccc2c(C(c3ccsc3)N3CCCNCC3)csc2c1. The summed E-state index contributed by atoms with van der Waals surface area (Å²) in [7, 11) is 0. The third kappa shape index (κ3) is 2.72. The number of benzene rings is 1. The third-order valence-corrected chi connectivity index (χ3v) is 6.09. The maximum atomic E-state index is 3.52. The predicted octanol–water partition coefficient (Wildman–Crippen LogP) is 4.35. The summed E-state index contributed by atoms with van der Waals surface area (Å²) in [5.41, 5.74) is 2.91. The van der Waals surface area contributed by atoms with Crippen LogP contribution in [-0.2, 0) is 0 Å². The van der Waals surface area contributed by atoms with E-state index >= 15 is 0 Å². The average molecular weight is 329 g/mol. The number of nitrogens with zero attached hydrogens (tertiary/aromatic N) is 1. The molecule has 3 aromatic rings. The molecule has 1 saturated heterocycles. The first kappa shape index (κ1) is 14.4. The van der Waals surface area contributed by atoms with E-state index in [0.29, 0.717) is 6.04 Å². The fraction of sp³-hybridized carbons (Fsp3) is 0.333. The van der Waals surface area contributed by atoms with Gasteiger partial charge in [0.25, 0.3) is 0 Å². The zero-order valence-corrected chi connectivity index (χ0v) is 14.1. The van der Waals surface area contributed by atoms with Crippen LogP contribution < -0.4 is 5.32 Å². The van der Waals surface area contributed by atoms with E-state index < -0.39 is 0 Å². The quantitative estimate of drug-likeness (QED) is 0.769. The van der Waals surface area contributed by atoms with Crippen LogP contribution in [0.5, 0.6) is 0 Å². The van der Waals surface area contributed by atoms with Crippen LogP contribution in [0.3, 0.4) is 0 Å². The summed E-state index contributed by atoms with van der Waals surface area (Å²) in [6.45, 7) is 4.50. The second-order valence-electron chi connectivity index (χ2n) is 5.79. The Hall–Kier alpha value is -1.20. The summed E-state index contributed by atoms with van der Waals surface area (Å²) in [6.07, 6.45) is 1.22. The molecular formula is C18H20N2S2. The summed E-state index contributed by atoms with van der Waals surface area (Å²) in [4.78, 5) is 2.65. The summed E-state index contributed by atoms with van der Waals surface area (Å²) < 4.78 is 1.39. The highest BCUT2D eigenvalue weighted by Crippen LogP contribution is 2.37. The van der Waals surface area contributed by atoms with Crippen LogP contribution >= 0.6 is 22.7 Å². The van der Waals surface area contributed by atoms with Gasteiger partial charge in [-0.3, -0.25) is 4.90 Å². The van der Waals surface area contributed by atoms with Gasteiger partial charge in [0.05, 0.1) is 6.04 Å². The van der Waals surface area contributed by atoms with Crippen molar-refractivity contribution in [1.29, 1.82) is 0 Å². The molecule has 0 bridgehead atoms. The minimum atomic E-state index is 0.391. The highest BCUT2D eigenvalue weighted by Gasteiger charge is 2.25. The Morgan fingerprint density at radius 3 is 2.91 bits per heavy atom. The van der Waals surface area contributed by atoms with Gasteiger partial charge in [0.2, 0.25) is 0 Å². The molecule has 2 aromatic heterocycles. The first-order chi connectivity index (χ1) is 10.9. The van der Waals surface area contributed by atoms with E-state index in [-0.39, 0.29) is 0 Å². The molecule has 1 unspecified atom stereocenters. The minimum Gasteiger partial charge on any atom is -0.315 e. The van der Waals surface area contributed by atoms with Crippen LogP contribution in [0, 0.1) is 0 Å². The smallest absolute Gasteiger partial charge is 0.0624 e. The molecule has 0 aliphatic carbocycles. The van der Waals surface area contributed by atoms with E-state index in [1.807, 2.05) is 11.3 Å². The standard InChI is InChI=1S/C18H20N2S2/c1-2-5-17-15(4-1)16(13-22-17)18(14-6-11-21-12-14)20-9-3-7-19-8-10-20/h1-2,4-6,11-13,18-19H,3,7-10H2. The molecule has 1 aliphatic heterocycles. The van der Waals surface area contributed by atoms with Crippen molar-refractivity contribution in [2.75, 3.05) is 26.2 Å². The lowest BCUT2D eigenvalue weighted by atomic mass is 9.98. The normalized spacial score (nSPS) is 18.4. The molecule has 0 amide bonds. The van der Waals surface area contributed by atoms with Gasteiger partial charge in [-0.15, -0.1) is 11.3 Å². The molecule has 114 valence electrons. The van der Waals surface area contributed by atoms with Gasteiger partial charge in [0.15, 0.2) is 0 Å². The Labute approximate surface area is 139 Å². The van der Waals surface area contributed by atoms with E-state index in [9.17, 15) is 0 Å². The van der Waals surface area contributed by atoms with Gasteiger partial charge in [0.1, 0.15) is 0 Å². The first-order valence-electron chi connectivity index (χ1n) is 7.86. The van der Waals surface area contributed by atoms with Crippen molar-refractivity contribution >= 4 is 32.8 Å². The molecule has 1 aromatic carbocycles. The lowest BCUT2D eigenvalue weighted by Crippen LogP contribution is -2.32. The molecule has 4 rings (SSSR count). The van der Waals surface area contributed by atoms with Gasteiger partial charge >= 0.3 is 0 Å². The van der Waals surface area contributed by atoms with Gasteiger partial charge in [-0.05, 0) is 57.8 Å². The minimum absolute atomic E-state index is 0.391. The van der Waals surface area contributed by atoms with Crippen molar-refractivity contribution in [3.63, 3.8) is 0 Å². The molecule has 1 atom stereocenters. The predicted molar refractivity (Wildman–Crippen MR) is 97.0 cm³/mol. The van der Waals surface area contributed by atoms with Gasteiger partial charge in [-0.1, -0.05) is 18.2 Å². The summed E-state index contributed by atoms with van der Waals surface area (Å²) >= 11 is 3.67. The van der Waals surface area contributed by atoms with E-state index in [1.165, 1.54) is 27.6 Å². The van der Waals surface area contributed by atoms with Crippen LogP contribution in [0.4, 0.5) is 0 Å². The molecule has 1 fully saturated rings. The number of hydrogen-bond acceptors (Lipinski definition) is 4. The first-order valence-corrected chi connectivity index (χ1v) is 9.69. The number of fused-ring (bicyclic) bond motifs is 1. The lowest BCUT2D eigenvalue weighted by molar-refractivity contribution is 0.243. The van der Waals surface area contributed by atoms with Crippen LogP contribution in [0.25, 0.3) is 10.1 Å². The molecule has 4 heteroatoms. The van der Waals surface area contributed by atoms with Crippen molar-refractivity contribution in [2.45, 2.75) is 12.5 Å². The van der Waals surface area contributed by atoms with Crippen molar-refractivity contribution < 1.29 is 0 Å². The molecule has 2 nitrogen and oxygen atoms in total. The van der Waals surface area contributed by atoms with Crippen molar-refractivity contribution in [3.05, 3.63) is 57.6 Å². The van der Waals surface area contributed by atoms with Crippen LogP contribution in [0.1, 0.15) is 23.6 Å². The highest BCUT2D eigenvalue weighted by molar-refractivity contribution is 7.17. The van der Waals surface area contributed by atoms with E-state index in [0.717, 1.165) is 26.2 Å². The monoisotopic (exact) mass is 328 g/mol. The van der Waals surface area contributed by atoms with Crippen molar-refractivity contribution in [1.82, 2.24) is 10.2 Å². The zero-order chi connectivity index (χ0) is 14.8.